The van der Waals surface area contributed by atoms with Gasteiger partial charge in [-0.1, -0.05) is 72.8 Å². The van der Waals surface area contributed by atoms with E-state index in [9.17, 15) is 0 Å². The number of fused-ring (bicyclic) bond motifs is 3. The third kappa shape index (κ3) is 2.50. The van der Waals surface area contributed by atoms with Crippen LogP contribution in [0.3, 0.4) is 0 Å². The summed E-state index contributed by atoms with van der Waals surface area (Å²) in [6.45, 7) is 0. The van der Waals surface area contributed by atoms with Gasteiger partial charge in [0.1, 0.15) is 0 Å². The first-order valence-corrected chi connectivity index (χ1v) is 11.1. The Morgan fingerprint density at radius 2 is 1.14 bits per heavy atom. The molecule has 140 valence electrons. The van der Waals surface area contributed by atoms with Gasteiger partial charge < -0.3 is 0 Å². The minimum absolute atomic E-state index is 0.675. The predicted octanol–water partition coefficient (Wildman–Crippen LogP) is 6.79. The van der Waals surface area contributed by atoms with Crippen LogP contribution >= 0.6 is 0 Å². The van der Waals surface area contributed by atoms with Crippen LogP contribution in [0.2, 0.25) is 0 Å². The van der Waals surface area contributed by atoms with Crippen LogP contribution in [0.1, 0.15) is 70.4 Å². The van der Waals surface area contributed by atoms with Crippen LogP contribution in [-0.2, 0) is 19.3 Å². The highest BCUT2D eigenvalue weighted by Crippen LogP contribution is 2.56. The maximum absolute atomic E-state index is 2.44. The van der Waals surface area contributed by atoms with E-state index in [1.165, 1.54) is 38.5 Å². The zero-order chi connectivity index (χ0) is 18.5. The fraction of sp³-hybridized carbons (Fsp3) is 0.357. The van der Waals surface area contributed by atoms with E-state index in [1.807, 2.05) is 0 Å². The van der Waals surface area contributed by atoms with Gasteiger partial charge in [-0.3, -0.25) is 0 Å². The maximum atomic E-state index is 2.44. The van der Waals surface area contributed by atoms with E-state index in [0.717, 1.165) is 11.8 Å². The Morgan fingerprint density at radius 3 is 1.93 bits per heavy atom. The highest BCUT2D eigenvalue weighted by atomic mass is 14.5. The van der Waals surface area contributed by atoms with Gasteiger partial charge in [0.25, 0.3) is 0 Å². The molecule has 0 saturated heterocycles. The van der Waals surface area contributed by atoms with Crippen molar-refractivity contribution >= 4 is 0 Å². The van der Waals surface area contributed by atoms with E-state index in [4.69, 9.17) is 0 Å². The second-order valence-electron chi connectivity index (χ2n) is 9.13. The molecule has 0 heteroatoms. The van der Waals surface area contributed by atoms with Crippen LogP contribution in [0, 0.1) is 5.92 Å². The maximum Gasteiger partial charge on any atom is -0.00529 e. The van der Waals surface area contributed by atoms with Crippen molar-refractivity contribution in [2.45, 2.75) is 56.3 Å². The van der Waals surface area contributed by atoms with Crippen LogP contribution < -0.4 is 0 Å². The van der Waals surface area contributed by atoms with Crippen molar-refractivity contribution < 1.29 is 0 Å². The Morgan fingerprint density at radius 1 is 0.536 bits per heavy atom. The van der Waals surface area contributed by atoms with E-state index < -0.39 is 0 Å². The lowest BCUT2D eigenvalue weighted by Crippen LogP contribution is -2.24. The monoisotopic (exact) mass is 364 g/mol. The summed E-state index contributed by atoms with van der Waals surface area (Å²) in [6, 6.07) is 27.9. The number of hydrogen-bond donors (Lipinski definition) is 0. The molecule has 0 spiro atoms. The molecule has 0 aliphatic heterocycles. The quantitative estimate of drug-likeness (QED) is 0.469. The topological polar surface area (TPSA) is 0 Å². The summed E-state index contributed by atoms with van der Waals surface area (Å²) in [5, 5.41) is 0. The van der Waals surface area contributed by atoms with Gasteiger partial charge >= 0.3 is 0 Å². The Balaban J connectivity index is 1.46. The third-order valence-corrected chi connectivity index (χ3v) is 7.88. The third-order valence-electron chi connectivity index (χ3n) is 7.88. The van der Waals surface area contributed by atoms with Crippen LogP contribution in [0.25, 0.3) is 0 Å². The first kappa shape index (κ1) is 16.6. The standard InChI is InChI=1S/C28H28/c1-5-13-23-19(8-1)11-7-15-26(23)28-24-14-6-3-10-21(24)18-27(28)25-17-16-20-9-2-4-12-22(20)25/h1-6,8-10,12-14,25-28H,7,11,15-18H2. The van der Waals surface area contributed by atoms with Crippen molar-refractivity contribution in [3.8, 4) is 0 Å². The molecular formula is C28H28. The SMILES string of the molecule is c1ccc2c(c1)CCC2C1Cc2ccccc2C1C1CCCc2ccccc21. The first-order valence-electron chi connectivity index (χ1n) is 11.1. The summed E-state index contributed by atoms with van der Waals surface area (Å²) < 4.78 is 0. The van der Waals surface area contributed by atoms with Crippen molar-refractivity contribution in [1.29, 1.82) is 0 Å². The van der Waals surface area contributed by atoms with Gasteiger partial charge in [0.15, 0.2) is 0 Å². The van der Waals surface area contributed by atoms with Crippen LogP contribution in [0.15, 0.2) is 72.8 Å². The molecular weight excluding hydrogens is 336 g/mol. The molecule has 6 rings (SSSR count). The Hall–Kier alpha value is -2.34. The Labute approximate surface area is 168 Å². The zero-order valence-electron chi connectivity index (χ0n) is 16.5. The van der Waals surface area contributed by atoms with Crippen molar-refractivity contribution in [3.63, 3.8) is 0 Å². The molecule has 0 bridgehead atoms. The smallest absolute Gasteiger partial charge is 0.00529 e. The molecule has 0 nitrogen and oxygen atoms in total. The van der Waals surface area contributed by atoms with E-state index in [2.05, 4.69) is 72.8 Å². The molecule has 3 aromatic rings. The molecule has 0 radical (unpaired) electrons. The lowest BCUT2D eigenvalue weighted by atomic mass is 9.67. The van der Waals surface area contributed by atoms with Crippen LogP contribution in [0.5, 0.6) is 0 Å². The van der Waals surface area contributed by atoms with E-state index in [1.54, 1.807) is 33.4 Å². The highest BCUT2D eigenvalue weighted by molar-refractivity contribution is 5.46. The van der Waals surface area contributed by atoms with Crippen molar-refractivity contribution in [1.82, 2.24) is 0 Å². The Bertz CT molecular complexity index is 1010. The van der Waals surface area contributed by atoms with Crippen molar-refractivity contribution in [2.75, 3.05) is 0 Å². The molecule has 0 N–H and O–H groups in total. The lowest BCUT2D eigenvalue weighted by Gasteiger charge is -2.37. The predicted molar refractivity (Wildman–Crippen MR) is 116 cm³/mol. The average Bonchev–Trinajstić information content (AvgIpc) is 3.34. The molecule has 0 saturated carbocycles. The summed E-state index contributed by atoms with van der Waals surface area (Å²) in [5.41, 5.74) is 9.77. The first-order chi connectivity index (χ1) is 13.9. The Kier molecular flexibility index (Phi) is 3.93. The number of hydrogen-bond acceptors (Lipinski definition) is 0. The van der Waals surface area contributed by atoms with Gasteiger partial charge in [0.05, 0.1) is 0 Å². The second kappa shape index (κ2) is 6.62. The fourth-order valence-corrected chi connectivity index (χ4v) is 6.76. The molecule has 4 atom stereocenters. The summed E-state index contributed by atoms with van der Waals surface area (Å²) in [5.74, 6) is 2.83. The molecule has 0 aromatic heterocycles. The summed E-state index contributed by atoms with van der Waals surface area (Å²) in [6.07, 6.45) is 7.82. The van der Waals surface area contributed by atoms with Gasteiger partial charge in [0.2, 0.25) is 0 Å². The molecule has 4 unspecified atom stereocenters. The fourth-order valence-electron chi connectivity index (χ4n) is 6.76. The molecule has 3 aliphatic carbocycles. The van der Waals surface area contributed by atoms with Gasteiger partial charge in [0, 0.05) is 0 Å². The van der Waals surface area contributed by atoms with E-state index >= 15 is 0 Å². The zero-order valence-corrected chi connectivity index (χ0v) is 16.5. The number of rotatable bonds is 2. The van der Waals surface area contributed by atoms with Crippen molar-refractivity contribution in [3.05, 3.63) is 106 Å². The van der Waals surface area contributed by atoms with E-state index in [0.29, 0.717) is 11.8 Å². The largest absolute Gasteiger partial charge is 0.0620 e. The molecule has 0 amide bonds. The molecule has 0 fully saturated rings. The van der Waals surface area contributed by atoms with Gasteiger partial charge in [-0.05, 0) is 95.6 Å². The van der Waals surface area contributed by atoms with Crippen molar-refractivity contribution in [2.24, 2.45) is 5.92 Å². The van der Waals surface area contributed by atoms with E-state index in [-0.39, 0.29) is 0 Å². The second-order valence-corrected chi connectivity index (χ2v) is 9.13. The average molecular weight is 365 g/mol. The number of aryl methyl sites for hydroxylation is 2. The summed E-state index contributed by atoms with van der Waals surface area (Å²) in [7, 11) is 0. The minimum Gasteiger partial charge on any atom is -0.0620 e. The van der Waals surface area contributed by atoms with Crippen LogP contribution in [-0.4, -0.2) is 0 Å². The van der Waals surface area contributed by atoms with Gasteiger partial charge in [-0.15, -0.1) is 0 Å². The van der Waals surface area contributed by atoms with Crippen LogP contribution in [0.4, 0.5) is 0 Å². The summed E-state index contributed by atoms with van der Waals surface area (Å²) in [4.78, 5) is 0. The molecule has 28 heavy (non-hydrogen) atoms. The molecule has 0 heterocycles. The molecule has 3 aliphatic rings. The normalized spacial score (nSPS) is 27.9. The van der Waals surface area contributed by atoms with Gasteiger partial charge in [-0.25, -0.2) is 0 Å². The highest BCUT2D eigenvalue weighted by Gasteiger charge is 2.44. The van der Waals surface area contributed by atoms with Gasteiger partial charge in [-0.2, -0.15) is 0 Å². The number of benzene rings is 3. The molecule has 3 aromatic carbocycles. The minimum atomic E-state index is 0.675. The summed E-state index contributed by atoms with van der Waals surface area (Å²) >= 11 is 0. The lowest BCUT2D eigenvalue weighted by molar-refractivity contribution is 0.314.